The first-order chi connectivity index (χ1) is 17.0. The predicted octanol–water partition coefficient (Wildman–Crippen LogP) is 7.60. The zero-order valence-electron chi connectivity index (χ0n) is 20.3. The van der Waals surface area contributed by atoms with Gasteiger partial charge in [0.05, 0.1) is 12.7 Å². The zero-order valence-corrected chi connectivity index (χ0v) is 21.1. The van der Waals surface area contributed by atoms with Gasteiger partial charge in [-0.25, -0.2) is 4.98 Å². The van der Waals surface area contributed by atoms with Crippen molar-refractivity contribution in [2.24, 2.45) is 0 Å². The van der Waals surface area contributed by atoms with Gasteiger partial charge < -0.3 is 4.74 Å². The Kier molecular flexibility index (Phi) is 8.59. The number of ketones is 1. The molecule has 8 heteroatoms. The molecule has 0 aliphatic heterocycles. The molecule has 0 aliphatic carbocycles. The standard InChI is InChI=1S/C28H25F3N2O2S/c1-17(2)20-7-9-21(10-8-20)24(34)11-5-19-6-12-25(35-4)22(14-19)16-36-27-23(15-32)18(3)13-26(33-27)28(29,30)31/h5-14,17H,16H2,1-4H3/b11-5+. The number of pyridine rings is 1. The Morgan fingerprint density at radius 1 is 1.17 bits per heavy atom. The molecule has 2 aromatic carbocycles. The van der Waals surface area contributed by atoms with Crippen molar-refractivity contribution >= 4 is 23.6 Å². The van der Waals surface area contributed by atoms with Gasteiger partial charge in [0.15, 0.2) is 5.78 Å². The molecule has 0 fully saturated rings. The highest BCUT2D eigenvalue weighted by molar-refractivity contribution is 7.98. The summed E-state index contributed by atoms with van der Waals surface area (Å²) in [6, 6.07) is 15.6. The number of carbonyl (C=O) groups is 1. The molecule has 3 rings (SSSR count). The summed E-state index contributed by atoms with van der Waals surface area (Å²) in [6.45, 7) is 5.63. The normalized spacial score (nSPS) is 11.6. The molecule has 0 unspecified atom stereocenters. The number of benzene rings is 2. The van der Waals surface area contributed by atoms with Crippen LogP contribution in [0.15, 0.2) is 59.6 Å². The van der Waals surface area contributed by atoms with Crippen LogP contribution in [0.2, 0.25) is 0 Å². The smallest absolute Gasteiger partial charge is 0.433 e. The van der Waals surface area contributed by atoms with E-state index in [1.54, 1.807) is 36.4 Å². The maximum absolute atomic E-state index is 13.2. The SMILES string of the molecule is COc1ccc(/C=C/C(=O)c2ccc(C(C)C)cc2)cc1CSc1nc(C(F)(F)F)cc(C)c1C#N. The summed E-state index contributed by atoms with van der Waals surface area (Å²) in [4.78, 5) is 16.3. The molecule has 1 heterocycles. The van der Waals surface area contributed by atoms with E-state index in [0.717, 1.165) is 29.0 Å². The van der Waals surface area contributed by atoms with Crippen LogP contribution in [0.3, 0.4) is 0 Å². The number of hydrogen-bond donors (Lipinski definition) is 0. The molecule has 36 heavy (non-hydrogen) atoms. The fraction of sp³-hybridized carbons (Fsp3) is 0.250. The second-order valence-electron chi connectivity index (χ2n) is 8.45. The predicted molar refractivity (Wildman–Crippen MR) is 135 cm³/mol. The molecule has 0 saturated heterocycles. The number of alkyl halides is 3. The highest BCUT2D eigenvalue weighted by Crippen LogP contribution is 2.35. The fourth-order valence-corrected chi connectivity index (χ4v) is 4.52. The van der Waals surface area contributed by atoms with Crippen molar-refractivity contribution in [1.29, 1.82) is 5.26 Å². The van der Waals surface area contributed by atoms with E-state index in [0.29, 0.717) is 22.8 Å². The average molecular weight is 511 g/mol. The minimum Gasteiger partial charge on any atom is -0.496 e. The van der Waals surface area contributed by atoms with Crippen molar-refractivity contribution in [3.8, 4) is 11.8 Å². The number of nitriles is 1. The highest BCUT2D eigenvalue weighted by Gasteiger charge is 2.34. The number of methoxy groups -OCH3 is 1. The molecule has 0 radical (unpaired) electrons. The zero-order chi connectivity index (χ0) is 26.5. The number of ether oxygens (including phenoxy) is 1. The Balaban J connectivity index is 1.82. The molecule has 1 aromatic heterocycles. The Bertz CT molecular complexity index is 1320. The summed E-state index contributed by atoms with van der Waals surface area (Å²) < 4.78 is 45.1. The lowest BCUT2D eigenvalue weighted by Gasteiger charge is -2.13. The van der Waals surface area contributed by atoms with Gasteiger partial charge in [-0.2, -0.15) is 18.4 Å². The lowest BCUT2D eigenvalue weighted by atomic mass is 10.00. The van der Waals surface area contributed by atoms with E-state index in [1.807, 2.05) is 18.2 Å². The number of halogens is 3. The van der Waals surface area contributed by atoms with Crippen LogP contribution in [-0.2, 0) is 11.9 Å². The van der Waals surface area contributed by atoms with Gasteiger partial charge in [0.1, 0.15) is 22.5 Å². The van der Waals surface area contributed by atoms with Crippen LogP contribution in [0.1, 0.15) is 63.6 Å². The van der Waals surface area contributed by atoms with Crippen molar-refractivity contribution in [3.63, 3.8) is 0 Å². The van der Waals surface area contributed by atoms with Gasteiger partial charge in [-0.1, -0.05) is 50.3 Å². The molecule has 0 N–H and O–H groups in total. The van der Waals surface area contributed by atoms with Crippen LogP contribution in [0.4, 0.5) is 13.2 Å². The minimum atomic E-state index is -4.61. The molecule has 186 valence electrons. The molecular formula is C28H25F3N2O2S. The molecule has 0 saturated carbocycles. The maximum atomic E-state index is 13.2. The van der Waals surface area contributed by atoms with Gasteiger partial charge in [-0.05, 0) is 53.8 Å². The second kappa shape index (κ2) is 11.4. The number of nitrogens with zero attached hydrogens (tertiary/aromatic N) is 2. The molecule has 3 aromatic rings. The Morgan fingerprint density at radius 2 is 1.86 bits per heavy atom. The molecular weight excluding hydrogens is 485 g/mol. The topological polar surface area (TPSA) is 63.0 Å². The van der Waals surface area contributed by atoms with Crippen molar-refractivity contribution in [2.45, 2.75) is 43.6 Å². The van der Waals surface area contributed by atoms with Gasteiger partial charge in [-0.15, -0.1) is 11.8 Å². The van der Waals surface area contributed by atoms with E-state index >= 15 is 0 Å². The van der Waals surface area contributed by atoms with Crippen LogP contribution in [0, 0.1) is 18.3 Å². The van der Waals surface area contributed by atoms with Crippen molar-refractivity contribution in [1.82, 2.24) is 4.98 Å². The monoisotopic (exact) mass is 510 g/mol. The summed E-state index contributed by atoms with van der Waals surface area (Å²) in [6.07, 6.45) is -1.45. The van der Waals surface area contributed by atoms with Gasteiger partial charge in [0.2, 0.25) is 0 Å². The summed E-state index contributed by atoms with van der Waals surface area (Å²) in [5.74, 6) is 0.995. The maximum Gasteiger partial charge on any atom is 0.433 e. The lowest BCUT2D eigenvalue weighted by Crippen LogP contribution is -2.10. The molecule has 0 bridgehead atoms. The van der Waals surface area contributed by atoms with Gasteiger partial charge in [0, 0.05) is 16.9 Å². The number of rotatable bonds is 8. The average Bonchev–Trinajstić information content (AvgIpc) is 2.85. The van der Waals surface area contributed by atoms with Gasteiger partial charge in [-0.3, -0.25) is 4.79 Å². The summed E-state index contributed by atoms with van der Waals surface area (Å²) in [5.41, 5.74) is 2.44. The minimum absolute atomic E-state index is 0.00726. The number of aromatic nitrogens is 1. The van der Waals surface area contributed by atoms with E-state index in [2.05, 4.69) is 18.8 Å². The van der Waals surface area contributed by atoms with E-state index in [-0.39, 0.29) is 27.7 Å². The Morgan fingerprint density at radius 3 is 2.44 bits per heavy atom. The van der Waals surface area contributed by atoms with E-state index in [9.17, 15) is 23.2 Å². The molecule has 0 atom stereocenters. The third-order valence-electron chi connectivity index (χ3n) is 5.54. The van der Waals surface area contributed by atoms with Gasteiger partial charge in [0.25, 0.3) is 0 Å². The second-order valence-corrected chi connectivity index (χ2v) is 9.41. The summed E-state index contributed by atoms with van der Waals surface area (Å²) in [7, 11) is 1.50. The van der Waals surface area contributed by atoms with E-state index < -0.39 is 11.9 Å². The van der Waals surface area contributed by atoms with E-state index in [4.69, 9.17) is 4.74 Å². The molecule has 4 nitrogen and oxygen atoms in total. The van der Waals surface area contributed by atoms with E-state index in [1.165, 1.54) is 20.1 Å². The quantitative estimate of drug-likeness (QED) is 0.177. The number of hydrogen-bond acceptors (Lipinski definition) is 5. The first-order valence-corrected chi connectivity index (χ1v) is 12.1. The third-order valence-corrected chi connectivity index (χ3v) is 6.57. The van der Waals surface area contributed by atoms with Crippen molar-refractivity contribution in [2.75, 3.05) is 7.11 Å². The van der Waals surface area contributed by atoms with Crippen LogP contribution >= 0.6 is 11.8 Å². The highest BCUT2D eigenvalue weighted by atomic mass is 32.2. The first kappa shape index (κ1) is 27.0. The largest absolute Gasteiger partial charge is 0.496 e. The lowest BCUT2D eigenvalue weighted by molar-refractivity contribution is -0.141. The summed E-state index contributed by atoms with van der Waals surface area (Å²) >= 11 is 1.03. The van der Waals surface area contributed by atoms with Crippen LogP contribution in [0.25, 0.3) is 6.08 Å². The number of thioether (sulfide) groups is 1. The van der Waals surface area contributed by atoms with Gasteiger partial charge >= 0.3 is 6.18 Å². The number of aryl methyl sites for hydroxylation is 1. The molecule has 0 aliphatic rings. The third kappa shape index (κ3) is 6.55. The van der Waals surface area contributed by atoms with Crippen molar-refractivity contribution < 1.29 is 22.7 Å². The molecule has 0 spiro atoms. The number of carbonyl (C=O) groups excluding carboxylic acids is 1. The van der Waals surface area contributed by atoms with Crippen LogP contribution < -0.4 is 4.74 Å². The van der Waals surface area contributed by atoms with Crippen LogP contribution in [-0.4, -0.2) is 17.9 Å². The number of allylic oxidation sites excluding steroid dienone is 1. The van der Waals surface area contributed by atoms with Crippen LogP contribution in [0.5, 0.6) is 5.75 Å². The Labute approximate surface area is 212 Å². The first-order valence-electron chi connectivity index (χ1n) is 11.1. The fourth-order valence-electron chi connectivity index (χ4n) is 3.49. The Hall–Kier alpha value is -3.57. The molecule has 0 amide bonds. The summed E-state index contributed by atoms with van der Waals surface area (Å²) in [5, 5.41) is 9.45. The van der Waals surface area contributed by atoms with Crippen molar-refractivity contribution in [3.05, 3.63) is 93.7 Å².